The number of nitrogens with one attached hydrogen (secondary N) is 2. The van der Waals surface area contributed by atoms with Crippen molar-refractivity contribution in [3.05, 3.63) is 35.9 Å². The fourth-order valence-corrected chi connectivity index (χ4v) is 3.97. The second-order valence-electron chi connectivity index (χ2n) is 8.14. The number of carbonyl (C=O) groups is 4. The lowest BCUT2D eigenvalue weighted by Crippen LogP contribution is -2.44. The molecule has 4 amide bonds. The minimum atomic E-state index is -1.25. The van der Waals surface area contributed by atoms with Gasteiger partial charge in [-0.2, -0.15) is 0 Å². The summed E-state index contributed by atoms with van der Waals surface area (Å²) < 4.78 is 5.19. The summed E-state index contributed by atoms with van der Waals surface area (Å²) in [4.78, 5) is 50.7. The molecule has 1 heterocycles. The average Bonchev–Trinajstić information content (AvgIpc) is 2.91. The number of ether oxygens (including phenoxy) is 1. The Labute approximate surface area is 176 Å². The molecule has 1 aliphatic carbocycles. The maximum atomic E-state index is 12.8. The molecule has 2 fully saturated rings. The summed E-state index contributed by atoms with van der Waals surface area (Å²) in [7, 11) is 0. The van der Waals surface area contributed by atoms with Gasteiger partial charge in [-0.25, -0.2) is 4.79 Å². The quantitative estimate of drug-likeness (QED) is 0.421. The van der Waals surface area contributed by atoms with Crippen LogP contribution in [0.3, 0.4) is 0 Å². The lowest BCUT2D eigenvalue weighted by atomic mass is 9.92. The lowest BCUT2D eigenvalue weighted by molar-refractivity contribution is -0.156. The number of amides is 4. The van der Waals surface area contributed by atoms with E-state index in [1.165, 1.54) is 19.8 Å². The first kappa shape index (κ1) is 21.8. The minimum absolute atomic E-state index is 0.0960. The predicted molar refractivity (Wildman–Crippen MR) is 109 cm³/mol. The molecule has 8 heteroatoms. The summed E-state index contributed by atoms with van der Waals surface area (Å²) in [5, 5.41) is 5.57. The van der Waals surface area contributed by atoms with Crippen LogP contribution in [-0.4, -0.2) is 47.4 Å². The number of rotatable bonds is 6. The Morgan fingerprint density at radius 2 is 1.80 bits per heavy atom. The number of nitrogens with zero attached hydrogens (tertiary/aromatic N) is 1. The molecule has 2 N–H and O–H groups in total. The summed E-state index contributed by atoms with van der Waals surface area (Å²) in [6, 6.07) is 8.25. The molecule has 3 rings (SSSR count). The Bertz CT molecular complexity index is 804. The van der Waals surface area contributed by atoms with Crippen molar-refractivity contribution >= 4 is 23.8 Å². The fraction of sp³-hybridized carbons (Fsp3) is 0.545. The zero-order chi connectivity index (χ0) is 21.7. The molecule has 0 radical (unpaired) electrons. The molecule has 2 atom stereocenters. The number of urea groups is 1. The van der Waals surface area contributed by atoms with Crippen LogP contribution in [0, 0.1) is 0 Å². The van der Waals surface area contributed by atoms with Crippen LogP contribution < -0.4 is 10.6 Å². The number of imide groups is 1. The van der Waals surface area contributed by atoms with Crippen LogP contribution in [-0.2, 0) is 24.7 Å². The maximum Gasteiger partial charge on any atom is 0.327 e. The van der Waals surface area contributed by atoms with E-state index in [0.717, 1.165) is 30.6 Å². The third kappa shape index (κ3) is 4.80. The normalized spacial score (nSPS) is 23.5. The van der Waals surface area contributed by atoms with Crippen LogP contribution in [0.5, 0.6) is 0 Å². The first-order valence-corrected chi connectivity index (χ1v) is 10.5. The van der Waals surface area contributed by atoms with Crippen molar-refractivity contribution in [3.8, 4) is 0 Å². The molecule has 0 bridgehead atoms. The Balaban J connectivity index is 1.55. The highest BCUT2D eigenvalue weighted by Gasteiger charge is 2.49. The Morgan fingerprint density at radius 1 is 1.17 bits per heavy atom. The van der Waals surface area contributed by atoms with Gasteiger partial charge in [-0.05, 0) is 32.3 Å². The average molecular weight is 415 g/mol. The highest BCUT2D eigenvalue weighted by atomic mass is 16.5. The molecule has 8 nitrogen and oxygen atoms in total. The summed E-state index contributed by atoms with van der Waals surface area (Å²) in [6.45, 7) is 2.54. The van der Waals surface area contributed by atoms with E-state index in [4.69, 9.17) is 4.74 Å². The van der Waals surface area contributed by atoms with Crippen molar-refractivity contribution < 1.29 is 23.9 Å². The molecule has 1 saturated carbocycles. The summed E-state index contributed by atoms with van der Waals surface area (Å²) in [5.74, 6) is -1.70. The molecule has 1 aromatic carbocycles. The summed E-state index contributed by atoms with van der Waals surface area (Å²) >= 11 is 0. The van der Waals surface area contributed by atoms with Crippen molar-refractivity contribution in [2.45, 2.75) is 70.1 Å². The van der Waals surface area contributed by atoms with Gasteiger partial charge in [0.25, 0.3) is 11.8 Å². The third-order valence-corrected chi connectivity index (χ3v) is 5.79. The monoisotopic (exact) mass is 415 g/mol. The van der Waals surface area contributed by atoms with E-state index in [0.29, 0.717) is 5.56 Å². The molecule has 1 aliphatic heterocycles. The highest BCUT2D eigenvalue weighted by molar-refractivity contribution is 6.08. The van der Waals surface area contributed by atoms with Crippen molar-refractivity contribution in [3.63, 3.8) is 0 Å². The van der Waals surface area contributed by atoms with Gasteiger partial charge in [0.1, 0.15) is 12.1 Å². The van der Waals surface area contributed by atoms with Gasteiger partial charge < -0.3 is 15.4 Å². The van der Waals surface area contributed by atoms with E-state index in [1.807, 2.05) is 6.07 Å². The van der Waals surface area contributed by atoms with Crippen molar-refractivity contribution in [2.75, 3.05) is 6.54 Å². The lowest BCUT2D eigenvalue weighted by Gasteiger charge is -2.22. The van der Waals surface area contributed by atoms with E-state index >= 15 is 0 Å². The van der Waals surface area contributed by atoms with Gasteiger partial charge in [-0.15, -0.1) is 0 Å². The second-order valence-corrected chi connectivity index (χ2v) is 8.14. The van der Waals surface area contributed by atoms with Crippen LogP contribution in [0.25, 0.3) is 0 Å². The third-order valence-electron chi connectivity index (χ3n) is 5.79. The molecule has 1 aromatic rings. The number of carbonyl (C=O) groups excluding carboxylic acids is 4. The molecular formula is C22H29N3O5. The first-order valence-electron chi connectivity index (χ1n) is 10.5. The zero-order valence-electron chi connectivity index (χ0n) is 17.5. The van der Waals surface area contributed by atoms with E-state index in [9.17, 15) is 19.2 Å². The molecule has 1 saturated heterocycles. The number of hydrogen-bond donors (Lipinski definition) is 2. The first-order chi connectivity index (χ1) is 14.3. The molecule has 162 valence electrons. The van der Waals surface area contributed by atoms with Crippen LogP contribution in [0.1, 0.15) is 57.9 Å². The van der Waals surface area contributed by atoms with Crippen LogP contribution in [0.2, 0.25) is 0 Å². The van der Waals surface area contributed by atoms with Gasteiger partial charge in [-0.1, -0.05) is 56.0 Å². The van der Waals surface area contributed by atoms with E-state index in [-0.39, 0.29) is 11.9 Å². The topological polar surface area (TPSA) is 105 Å². The summed E-state index contributed by atoms with van der Waals surface area (Å²) in [5.41, 5.74) is -0.628. The van der Waals surface area contributed by atoms with Crippen molar-refractivity contribution in [1.82, 2.24) is 15.5 Å². The molecule has 0 spiro atoms. The molecule has 0 aromatic heterocycles. The predicted octanol–water partition coefficient (Wildman–Crippen LogP) is 2.22. The Kier molecular flexibility index (Phi) is 6.74. The molecular weight excluding hydrogens is 386 g/mol. The molecule has 0 unspecified atom stereocenters. The zero-order valence-corrected chi connectivity index (χ0v) is 17.5. The second kappa shape index (κ2) is 9.28. The van der Waals surface area contributed by atoms with Crippen molar-refractivity contribution in [1.29, 1.82) is 0 Å². The fourth-order valence-electron chi connectivity index (χ4n) is 3.97. The van der Waals surface area contributed by atoms with Gasteiger partial charge in [0, 0.05) is 6.04 Å². The van der Waals surface area contributed by atoms with Gasteiger partial charge in [-0.3, -0.25) is 19.3 Å². The van der Waals surface area contributed by atoms with Gasteiger partial charge >= 0.3 is 12.0 Å². The Morgan fingerprint density at radius 3 is 2.43 bits per heavy atom. The van der Waals surface area contributed by atoms with E-state index in [2.05, 4.69) is 10.6 Å². The highest BCUT2D eigenvalue weighted by Crippen LogP contribution is 2.28. The van der Waals surface area contributed by atoms with Crippen LogP contribution in [0.4, 0.5) is 4.79 Å². The maximum absolute atomic E-state index is 12.8. The Hall–Kier alpha value is -2.90. The smallest absolute Gasteiger partial charge is 0.327 e. The number of benzene rings is 1. The number of esters is 1. The van der Waals surface area contributed by atoms with Gasteiger partial charge in [0.05, 0.1) is 0 Å². The number of hydrogen-bond acceptors (Lipinski definition) is 5. The molecule has 30 heavy (non-hydrogen) atoms. The molecule has 2 aliphatic rings. The van der Waals surface area contributed by atoms with Gasteiger partial charge in [0.15, 0.2) is 6.10 Å². The standard InChI is InChI=1S/C22H29N3O5/c1-15(19(27)23-17-12-8-3-4-9-13-17)30-18(26)14-25-20(28)22(2,24-21(25)29)16-10-6-5-7-11-16/h5-7,10-11,15,17H,3-4,8-9,12-14H2,1-2H3,(H,23,27)(H,24,29)/t15-,22+/m0/s1. The largest absolute Gasteiger partial charge is 0.451 e. The van der Waals surface area contributed by atoms with Crippen molar-refractivity contribution in [2.24, 2.45) is 0 Å². The van der Waals surface area contributed by atoms with E-state index < -0.39 is 36.1 Å². The van der Waals surface area contributed by atoms with Gasteiger partial charge in [0.2, 0.25) is 0 Å². The van der Waals surface area contributed by atoms with Crippen LogP contribution in [0.15, 0.2) is 30.3 Å². The van der Waals surface area contributed by atoms with E-state index in [1.54, 1.807) is 31.2 Å². The minimum Gasteiger partial charge on any atom is -0.451 e. The summed E-state index contributed by atoms with van der Waals surface area (Å²) in [6.07, 6.45) is 5.34. The SMILES string of the molecule is C[C@H](OC(=O)CN1C(=O)N[C@](C)(c2ccccc2)C1=O)C(=O)NC1CCCCCC1. The van der Waals surface area contributed by atoms with Crippen LogP contribution >= 0.6 is 0 Å².